The summed E-state index contributed by atoms with van der Waals surface area (Å²) in [5.41, 5.74) is 3.25. The first-order valence-corrected chi connectivity index (χ1v) is 8.69. The Hall–Kier alpha value is -3.39. The van der Waals surface area contributed by atoms with Gasteiger partial charge in [-0.05, 0) is 18.2 Å². The number of fused-ring (bicyclic) bond motifs is 1. The minimum absolute atomic E-state index is 0.297. The zero-order chi connectivity index (χ0) is 17.5. The van der Waals surface area contributed by atoms with Crippen molar-refractivity contribution in [1.29, 1.82) is 0 Å². The van der Waals surface area contributed by atoms with E-state index in [0.29, 0.717) is 27.1 Å². The number of H-pyrrole nitrogens is 1. The maximum Gasteiger partial charge on any atom is 0.235 e. The number of rotatable bonds is 3. The van der Waals surface area contributed by atoms with Crippen molar-refractivity contribution in [2.75, 3.05) is 0 Å². The SMILES string of the molecule is Fc1cccc(-c2nn3c(-c4cc(-c5ccccc5)n[nH]4)nnc3s2)c1. The third-order valence-corrected chi connectivity index (χ3v) is 4.90. The third-order valence-electron chi connectivity index (χ3n) is 3.95. The van der Waals surface area contributed by atoms with Gasteiger partial charge in [0.25, 0.3) is 0 Å². The van der Waals surface area contributed by atoms with E-state index >= 15 is 0 Å². The van der Waals surface area contributed by atoms with Crippen LogP contribution in [-0.2, 0) is 0 Å². The van der Waals surface area contributed by atoms with Gasteiger partial charge in [0.05, 0.1) is 5.69 Å². The van der Waals surface area contributed by atoms with E-state index in [9.17, 15) is 4.39 Å². The summed E-state index contributed by atoms with van der Waals surface area (Å²) in [4.78, 5) is 0.634. The number of halogens is 1. The lowest BCUT2D eigenvalue weighted by Gasteiger charge is -1.95. The van der Waals surface area contributed by atoms with Crippen molar-refractivity contribution >= 4 is 16.3 Å². The van der Waals surface area contributed by atoms with Crippen LogP contribution < -0.4 is 0 Å². The average Bonchev–Trinajstić information content (AvgIpc) is 3.38. The molecule has 5 aromatic rings. The molecule has 0 unspecified atom stereocenters. The van der Waals surface area contributed by atoms with Crippen molar-refractivity contribution in [2.45, 2.75) is 0 Å². The second-order valence-electron chi connectivity index (χ2n) is 5.67. The van der Waals surface area contributed by atoms with Gasteiger partial charge < -0.3 is 0 Å². The van der Waals surface area contributed by atoms with Gasteiger partial charge in [0.2, 0.25) is 10.8 Å². The van der Waals surface area contributed by atoms with Gasteiger partial charge in [0.1, 0.15) is 16.5 Å². The predicted octanol–water partition coefficient (Wildman–Crippen LogP) is 4.05. The second kappa shape index (κ2) is 5.85. The minimum Gasteiger partial charge on any atom is -0.274 e. The lowest BCUT2D eigenvalue weighted by atomic mass is 10.1. The molecule has 1 N–H and O–H groups in total. The molecule has 126 valence electrons. The molecule has 2 aromatic carbocycles. The van der Waals surface area contributed by atoms with Crippen molar-refractivity contribution in [2.24, 2.45) is 0 Å². The van der Waals surface area contributed by atoms with E-state index in [-0.39, 0.29) is 5.82 Å². The number of aromatic amines is 1. The van der Waals surface area contributed by atoms with Gasteiger partial charge in [-0.2, -0.15) is 14.7 Å². The number of aromatic nitrogens is 6. The number of nitrogens with one attached hydrogen (secondary N) is 1. The fourth-order valence-corrected chi connectivity index (χ4v) is 3.55. The van der Waals surface area contributed by atoms with Crippen molar-refractivity contribution in [3.05, 3.63) is 66.5 Å². The number of hydrogen-bond donors (Lipinski definition) is 1. The topological polar surface area (TPSA) is 71.8 Å². The van der Waals surface area contributed by atoms with Crippen molar-refractivity contribution in [3.63, 3.8) is 0 Å². The normalized spacial score (nSPS) is 11.3. The summed E-state index contributed by atoms with van der Waals surface area (Å²) in [6.45, 7) is 0. The Morgan fingerprint density at radius 1 is 0.923 bits per heavy atom. The summed E-state index contributed by atoms with van der Waals surface area (Å²) in [6.07, 6.45) is 0. The van der Waals surface area contributed by atoms with Crippen LogP contribution in [0.4, 0.5) is 4.39 Å². The van der Waals surface area contributed by atoms with E-state index in [1.165, 1.54) is 23.5 Å². The Labute approximate surface area is 151 Å². The maximum absolute atomic E-state index is 13.5. The molecule has 0 saturated carbocycles. The van der Waals surface area contributed by atoms with E-state index in [1.54, 1.807) is 10.6 Å². The van der Waals surface area contributed by atoms with Crippen LogP contribution in [0.1, 0.15) is 0 Å². The van der Waals surface area contributed by atoms with Crippen LogP contribution in [0.5, 0.6) is 0 Å². The van der Waals surface area contributed by atoms with Gasteiger partial charge >= 0.3 is 0 Å². The highest BCUT2D eigenvalue weighted by Crippen LogP contribution is 2.29. The first-order valence-electron chi connectivity index (χ1n) is 7.87. The van der Waals surface area contributed by atoms with Crippen LogP contribution in [0, 0.1) is 5.82 Å². The Kier molecular flexibility index (Phi) is 3.36. The molecule has 0 radical (unpaired) electrons. The first kappa shape index (κ1) is 14.9. The van der Waals surface area contributed by atoms with Crippen LogP contribution in [0.2, 0.25) is 0 Å². The summed E-state index contributed by atoms with van der Waals surface area (Å²) in [7, 11) is 0. The largest absolute Gasteiger partial charge is 0.274 e. The van der Waals surface area contributed by atoms with Gasteiger partial charge in [-0.15, -0.1) is 10.2 Å². The van der Waals surface area contributed by atoms with E-state index in [1.807, 2.05) is 42.5 Å². The summed E-state index contributed by atoms with van der Waals surface area (Å²) in [5, 5.41) is 20.9. The van der Waals surface area contributed by atoms with Crippen LogP contribution >= 0.6 is 11.3 Å². The zero-order valence-corrected chi connectivity index (χ0v) is 14.1. The van der Waals surface area contributed by atoms with E-state index in [0.717, 1.165) is 11.3 Å². The molecule has 0 aliphatic rings. The van der Waals surface area contributed by atoms with Gasteiger partial charge in [-0.25, -0.2) is 4.39 Å². The molecule has 5 rings (SSSR count). The van der Waals surface area contributed by atoms with Gasteiger partial charge in [0, 0.05) is 11.1 Å². The fourth-order valence-electron chi connectivity index (χ4n) is 2.72. The van der Waals surface area contributed by atoms with E-state index in [2.05, 4.69) is 25.5 Å². The van der Waals surface area contributed by atoms with E-state index in [4.69, 9.17) is 0 Å². The molecule has 0 atom stereocenters. The summed E-state index contributed by atoms with van der Waals surface area (Å²) >= 11 is 1.36. The summed E-state index contributed by atoms with van der Waals surface area (Å²) in [6, 6.07) is 18.1. The van der Waals surface area contributed by atoms with Gasteiger partial charge in [-0.1, -0.05) is 53.8 Å². The Morgan fingerprint density at radius 2 is 1.77 bits per heavy atom. The molecule has 0 bridgehead atoms. The van der Waals surface area contributed by atoms with Crippen LogP contribution in [0.15, 0.2) is 60.7 Å². The number of nitrogens with zero attached hydrogens (tertiary/aromatic N) is 5. The molecular formula is C18H11FN6S. The molecule has 3 heterocycles. The highest BCUT2D eigenvalue weighted by molar-refractivity contribution is 7.19. The van der Waals surface area contributed by atoms with Gasteiger partial charge in [0.15, 0.2) is 0 Å². The van der Waals surface area contributed by atoms with Crippen LogP contribution in [0.3, 0.4) is 0 Å². The molecule has 0 aliphatic carbocycles. The number of hydrogen-bond acceptors (Lipinski definition) is 5. The Morgan fingerprint density at radius 3 is 2.62 bits per heavy atom. The highest BCUT2D eigenvalue weighted by Gasteiger charge is 2.17. The molecule has 8 heteroatoms. The third kappa shape index (κ3) is 2.47. The molecule has 0 amide bonds. The van der Waals surface area contributed by atoms with E-state index < -0.39 is 0 Å². The summed E-state index contributed by atoms with van der Waals surface area (Å²) in [5.74, 6) is 0.267. The molecule has 26 heavy (non-hydrogen) atoms. The Bertz CT molecular complexity index is 1210. The van der Waals surface area contributed by atoms with Gasteiger partial charge in [-0.3, -0.25) is 5.10 Å². The molecule has 0 spiro atoms. The van der Waals surface area contributed by atoms with Crippen molar-refractivity contribution in [1.82, 2.24) is 30.0 Å². The number of benzene rings is 2. The molecule has 0 aliphatic heterocycles. The zero-order valence-electron chi connectivity index (χ0n) is 13.3. The molecule has 0 fully saturated rings. The maximum atomic E-state index is 13.5. The standard InChI is InChI=1S/C18H11FN6S/c19-13-8-4-7-12(9-13)17-24-25-16(22-23-18(25)26-17)15-10-14(20-21-15)11-5-2-1-3-6-11/h1-10H,(H,20,21). The first-order chi connectivity index (χ1) is 12.8. The van der Waals surface area contributed by atoms with Crippen molar-refractivity contribution in [3.8, 4) is 33.3 Å². The smallest absolute Gasteiger partial charge is 0.235 e. The Balaban J connectivity index is 1.57. The average molecular weight is 362 g/mol. The second-order valence-corrected chi connectivity index (χ2v) is 6.62. The molecule has 6 nitrogen and oxygen atoms in total. The lowest BCUT2D eigenvalue weighted by molar-refractivity contribution is 0.628. The monoisotopic (exact) mass is 362 g/mol. The lowest BCUT2D eigenvalue weighted by Crippen LogP contribution is -1.91. The molecular weight excluding hydrogens is 351 g/mol. The predicted molar refractivity (Wildman–Crippen MR) is 97.1 cm³/mol. The summed E-state index contributed by atoms with van der Waals surface area (Å²) < 4.78 is 15.1. The quantitative estimate of drug-likeness (QED) is 0.526. The molecule has 0 saturated heterocycles. The fraction of sp³-hybridized carbons (Fsp3) is 0. The molecule has 3 aromatic heterocycles. The minimum atomic E-state index is -0.297. The van der Waals surface area contributed by atoms with Crippen LogP contribution in [0.25, 0.3) is 38.3 Å². The van der Waals surface area contributed by atoms with Crippen LogP contribution in [-0.4, -0.2) is 30.0 Å². The highest BCUT2D eigenvalue weighted by atomic mass is 32.1. The van der Waals surface area contributed by atoms with Crippen molar-refractivity contribution < 1.29 is 4.39 Å².